The van der Waals surface area contributed by atoms with E-state index in [0.717, 1.165) is 0 Å². The number of amides is 1. The zero-order valence-corrected chi connectivity index (χ0v) is 12.6. The quantitative estimate of drug-likeness (QED) is 0.661. The van der Waals surface area contributed by atoms with Crippen LogP contribution in [0.4, 0.5) is 16.3 Å². The van der Waals surface area contributed by atoms with Crippen LogP contribution >= 0.6 is 0 Å². The second kappa shape index (κ2) is 6.87. The van der Waals surface area contributed by atoms with Gasteiger partial charge in [-0.1, -0.05) is 0 Å². The summed E-state index contributed by atoms with van der Waals surface area (Å²) < 4.78 is 5.22. The van der Waals surface area contributed by atoms with E-state index in [1.54, 1.807) is 33.9 Å². The van der Waals surface area contributed by atoms with Gasteiger partial charge < -0.3 is 25.1 Å². The Morgan fingerprint density at radius 1 is 1.48 bits per heavy atom. The van der Waals surface area contributed by atoms with Gasteiger partial charge in [-0.15, -0.1) is 0 Å². The van der Waals surface area contributed by atoms with E-state index < -0.39 is 16.6 Å². The first kappa shape index (κ1) is 16.7. The first-order valence-electron chi connectivity index (χ1n) is 6.47. The van der Waals surface area contributed by atoms with E-state index in [9.17, 15) is 14.9 Å². The molecule has 0 saturated heterocycles. The Kier molecular flexibility index (Phi) is 5.45. The van der Waals surface area contributed by atoms with Crippen LogP contribution in [0.15, 0.2) is 18.3 Å². The number of nitrogens with one attached hydrogen (secondary N) is 1. The number of anilines is 1. The topological polar surface area (TPSA) is 97.6 Å². The number of likely N-dealkylation sites (N-methyl/N-ethyl adjacent to an activating group) is 1. The number of aromatic nitrogens is 1. The molecule has 0 bridgehead atoms. The van der Waals surface area contributed by atoms with Crippen LogP contribution in [-0.2, 0) is 4.74 Å². The van der Waals surface area contributed by atoms with Crippen LogP contribution in [0.3, 0.4) is 0 Å². The molecule has 0 fully saturated rings. The summed E-state index contributed by atoms with van der Waals surface area (Å²) in [5.74, 6) is -0.202. The van der Waals surface area contributed by atoms with Crippen molar-refractivity contribution >= 4 is 17.6 Å². The van der Waals surface area contributed by atoms with Gasteiger partial charge >= 0.3 is 11.9 Å². The molecule has 0 aliphatic rings. The number of hydrogen-bond donors (Lipinski definition) is 1. The Hall–Kier alpha value is -2.38. The van der Waals surface area contributed by atoms with Crippen molar-refractivity contribution < 1.29 is 14.5 Å². The van der Waals surface area contributed by atoms with E-state index in [1.165, 1.54) is 17.2 Å². The molecule has 1 N–H and O–H groups in total. The van der Waals surface area contributed by atoms with Crippen LogP contribution in [0.2, 0.25) is 0 Å². The van der Waals surface area contributed by atoms with Crippen molar-refractivity contribution in [1.29, 1.82) is 0 Å². The van der Waals surface area contributed by atoms with Gasteiger partial charge in [0.25, 0.3) is 0 Å². The molecule has 1 amide bonds. The monoisotopic (exact) mass is 296 g/mol. The minimum Gasteiger partial charge on any atom is -0.444 e. The molecule has 0 aromatic carbocycles. The highest BCUT2D eigenvalue weighted by Gasteiger charge is 2.19. The second-order valence-electron chi connectivity index (χ2n) is 5.49. The van der Waals surface area contributed by atoms with Gasteiger partial charge in [0.2, 0.25) is 0 Å². The first-order chi connectivity index (χ1) is 9.69. The lowest BCUT2D eigenvalue weighted by atomic mass is 10.2. The number of hydrogen-bond acceptors (Lipinski definition) is 6. The van der Waals surface area contributed by atoms with E-state index in [-0.39, 0.29) is 5.82 Å². The molecule has 0 radical (unpaired) electrons. The highest BCUT2D eigenvalue weighted by Crippen LogP contribution is 2.11. The van der Waals surface area contributed by atoms with Crippen molar-refractivity contribution in [2.24, 2.45) is 0 Å². The van der Waals surface area contributed by atoms with Gasteiger partial charge in [-0.25, -0.2) is 4.79 Å². The lowest BCUT2D eigenvalue weighted by molar-refractivity contribution is -0.389. The van der Waals surface area contributed by atoms with E-state index in [4.69, 9.17) is 4.74 Å². The number of ether oxygens (including phenoxy) is 1. The number of carbonyl (C=O) groups is 1. The Morgan fingerprint density at radius 2 is 2.14 bits per heavy atom. The van der Waals surface area contributed by atoms with Crippen LogP contribution < -0.4 is 5.32 Å². The van der Waals surface area contributed by atoms with Crippen molar-refractivity contribution in [3.05, 3.63) is 28.4 Å². The third-order valence-corrected chi connectivity index (χ3v) is 2.42. The van der Waals surface area contributed by atoms with Crippen LogP contribution in [0, 0.1) is 10.1 Å². The minimum atomic E-state index is -0.555. The minimum absolute atomic E-state index is 0.202. The molecule has 1 aromatic rings. The van der Waals surface area contributed by atoms with E-state index >= 15 is 0 Å². The van der Waals surface area contributed by atoms with E-state index in [2.05, 4.69) is 10.3 Å². The summed E-state index contributed by atoms with van der Waals surface area (Å²) in [6.45, 7) is 6.33. The molecule has 8 heteroatoms. The molecule has 1 heterocycles. The van der Waals surface area contributed by atoms with Crippen LogP contribution in [0.25, 0.3) is 0 Å². The van der Waals surface area contributed by atoms with E-state index in [1.807, 2.05) is 0 Å². The molecule has 0 unspecified atom stereocenters. The fraction of sp³-hybridized carbons (Fsp3) is 0.538. The molecule has 21 heavy (non-hydrogen) atoms. The van der Waals surface area contributed by atoms with Gasteiger partial charge in [0.1, 0.15) is 5.60 Å². The molecule has 0 saturated carbocycles. The van der Waals surface area contributed by atoms with Crippen molar-refractivity contribution in [2.75, 3.05) is 25.5 Å². The zero-order valence-electron chi connectivity index (χ0n) is 12.6. The third-order valence-electron chi connectivity index (χ3n) is 2.42. The van der Waals surface area contributed by atoms with Crippen molar-refractivity contribution in [3.8, 4) is 0 Å². The lowest BCUT2D eigenvalue weighted by Crippen LogP contribution is -2.36. The molecule has 1 aromatic heterocycles. The van der Waals surface area contributed by atoms with Crippen molar-refractivity contribution in [1.82, 2.24) is 9.88 Å². The molecule has 0 aliphatic heterocycles. The van der Waals surface area contributed by atoms with Crippen LogP contribution in [0.5, 0.6) is 0 Å². The standard InChI is InChI=1S/C13H20N4O4/c1-13(2,3)21-12(18)16(4)8-7-14-10-5-6-11(15-9-10)17(19)20/h5-6,9,14H,7-8H2,1-4H3. The predicted molar refractivity (Wildman–Crippen MR) is 78.2 cm³/mol. The highest BCUT2D eigenvalue weighted by atomic mass is 16.6. The summed E-state index contributed by atoms with van der Waals surface area (Å²) in [4.78, 5) is 26.8. The average Bonchev–Trinajstić information content (AvgIpc) is 2.37. The molecular formula is C13H20N4O4. The zero-order chi connectivity index (χ0) is 16.0. The number of pyridine rings is 1. The predicted octanol–water partition coefficient (Wildman–Crippen LogP) is 2.27. The average molecular weight is 296 g/mol. The van der Waals surface area contributed by atoms with Gasteiger partial charge in [0.05, 0.1) is 5.69 Å². The second-order valence-corrected chi connectivity index (χ2v) is 5.49. The van der Waals surface area contributed by atoms with Gasteiger partial charge in [0, 0.05) is 26.2 Å². The SMILES string of the molecule is CN(CCNc1ccc([N+](=O)[O-])nc1)C(=O)OC(C)(C)C. The first-order valence-corrected chi connectivity index (χ1v) is 6.47. The normalized spacial score (nSPS) is 10.9. The molecule has 116 valence electrons. The fourth-order valence-corrected chi connectivity index (χ4v) is 1.40. The van der Waals surface area contributed by atoms with Gasteiger partial charge in [-0.05, 0) is 36.7 Å². The molecule has 0 aliphatic carbocycles. The molecule has 0 atom stereocenters. The van der Waals surface area contributed by atoms with Gasteiger partial charge in [-0.3, -0.25) is 0 Å². The molecular weight excluding hydrogens is 276 g/mol. The summed E-state index contributed by atoms with van der Waals surface area (Å²) >= 11 is 0. The van der Waals surface area contributed by atoms with Gasteiger partial charge in [-0.2, -0.15) is 0 Å². The van der Waals surface area contributed by atoms with Crippen molar-refractivity contribution in [3.63, 3.8) is 0 Å². The third kappa shape index (κ3) is 6.07. The summed E-state index contributed by atoms with van der Waals surface area (Å²) in [5, 5.41) is 13.5. The Balaban J connectivity index is 2.39. The smallest absolute Gasteiger partial charge is 0.410 e. The highest BCUT2D eigenvalue weighted by molar-refractivity contribution is 5.67. The molecule has 0 spiro atoms. The number of nitro groups is 1. The van der Waals surface area contributed by atoms with Crippen molar-refractivity contribution in [2.45, 2.75) is 26.4 Å². The Morgan fingerprint density at radius 3 is 2.62 bits per heavy atom. The summed E-state index contributed by atoms with van der Waals surface area (Å²) in [7, 11) is 1.64. The maximum Gasteiger partial charge on any atom is 0.410 e. The maximum atomic E-state index is 11.7. The molecule has 8 nitrogen and oxygen atoms in total. The Labute approximate surface area is 123 Å². The number of nitrogens with zero attached hydrogens (tertiary/aromatic N) is 3. The van der Waals surface area contributed by atoms with E-state index in [0.29, 0.717) is 18.8 Å². The van der Waals surface area contributed by atoms with Gasteiger partial charge in [0.15, 0.2) is 6.20 Å². The number of rotatable bonds is 5. The number of carbonyl (C=O) groups excluding carboxylic acids is 1. The van der Waals surface area contributed by atoms with Crippen LogP contribution in [-0.4, -0.2) is 46.6 Å². The van der Waals surface area contributed by atoms with Crippen LogP contribution in [0.1, 0.15) is 20.8 Å². The maximum absolute atomic E-state index is 11.7. The summed E-state index contributed by atoms with van der Waals surface area (Å²) in [6.07, 6.45) is 0.983. The molecule has 1 rings (SSSR count). The lowest BCUT2D eigenvalue weighted by Gasteiger charge is -2.24. The summed E-state index contributed by atoms with van der Waals surface area (Å²) in [6, 6.07) is 2.89. The fourth-order valence-electron chi connectivity index (χ4n) is 1.40. The summed E-state index contributed by atoms with van der Waals surface area (Å²) in [5.41, 5.74) is 0.124. The Bertz CT molecular complexity index is 496. The largest absolute Gasteiger partial charge is 0.444 e.